The Labute approximate surface area is 82.4 Å². The second-order valence-electron chi connectivity index (χ2n) is 2.66. The molecule has 0 radical (unpaired) electrons. The van der Waals surface area contributed by atoms with Gasteiger partial charge in [0.05, 0.1) is 6.17 Å². The minimum Gasteiger partial charge on any atom is -0.248 e. The topological polar surface area (TPSA) is 0 Å². The van der Waals surface area contributed by atoms with E-state index in [1.54, 1.807) is 6.92 Å². The zero-order valence-corrected chi connectivity index (χ0v) is 9.18. The largest absolute Gasteiger partial charge is 0.248 e. The van der Waals surface area contributed by atoms with Gasteiger partial charge in [-0.25, -0.2) is 4.39 Å². The Balaban J connectivity index is 3.01. The third-order valence-electron chi connectivity index (χ3n) is 1.42. The van der Waals surface area contributed by atoms with Crippen molar-refractivity contribution in [1.29, 1.82) is 0 Å². The zero-order valence-electron chi connectivity index (χ0n) is 7.02. The molecular formula is C9H16FI. The van der Waals surface area contributed by atoms with Gasteiger partial charge in [-0.05, 0) is 32.6 Å². The van der Waals surface area contributed by atoms with Crippen LogP contribution in [0.25, 0.3) is 0 Å². The van der Waals surface area contributed by atoms with Crippen LogP contribution >= 0.6 is 22.6 Å². The second kappa shape index (κ2) is 8.50. The third-order valence-corrected chi connectivity index (χ3v) is 2.04. The number of hydrogen-bond donors (Lipinski definition) is 0. The van der Waals surface area contributed by atoms with Crippen molar-refractivity contribution < 1.29 is 4.39 Å². The van der Waals surface area contributed by atoms with Crippen LogP contribution in [0.15, 0.2) is 12.2 Å². The fourth-order valence-corrected chi connectivity index (χ4v) is 1.18. The molecule has 1 atom stereocenters. The van der Waals surface area contributed by atoms with Crippen LogP contribution in [-0.4, -0.2) is 10.6 Å². The molecule has 0 aliphatic heterocycles. The quantitative estimate of drug-likeness (QED) is 0.297. The van der Waals surface area contributed by atoms with E-state index in [1.165, 1.54) is 4.43 Å². The molecule has 0 heterocycles. The van der Waals surface area contributed by atoms with Gasteiger partial charge in [-0.2, -0.15) is 0 Å². The normalized spacial score (nSPS) is 14.1. The first-order valence-electron chi connectivity index (χ1n) is 4.12. The maximum absolute atomic E-state index is 12.3. The van der Waals surface area contributed by atoms with E-state index in [2.05, 4.69) is 34.7 Å². The average molecular weight is 270 g/mol. The summed E-state index contributed by atoms with van der Waals surface area (Å²) in [5.41, 5.74) is 0. The first-order chi connectivity index (χ1) is 5.27. The van der Waals surface area contributed by atoms with Gasteiger partial charge in [0.2, 0.25) is 0 Å². The summed E-state index contributed by atoms with van der Waals surface area (Å²) in [6.07, 6.45) is 7.56. The van der Waals surface area contributed by atoms with E-state index in [4.69, 9.17) is 0 Å². The van der Waals surface area contributed by atoms with E-state index in [0.717, 1.165) is 19.3 Å². The Morgan fingerprint density at radius 1 is 1.36 bits per heavy atom. The highest BCUT2D eigenvalue weighted by molar-refractivity contribution is 14.1. The monoisotopic (exact) mass is 270 g/mol. The summed E-state index contributed by atoms with van der Waals surface area (Å²) < 4.78 is 13.4. The van der Waals surface area contributed by atoms with E-state index in [-0.39, 0.29) is 0 Å². The lowest BCUT2D eigenvalue weighted by Gasteiger charge is -1.97. The van der Waals surface area contributed by atoms with Crippen molar-refractivity contribution in [1.82, 2.24) is 0 Å². The molecule has 0 fully saturated rings. The van der Waals surface area contributed by atoms with Crippen molar-refractivity contribution in [2.75, 3.05) is 4.43 Å². The summed E-state index contributed by atoms with van der Waals surface area (Å²) in [5.74, 6) is 0. The van der Waals surface area contributed by atoms with Gasteiger partial charge in [0.1, 0.15) is 0 Å². The molecule has 66 valence electrons. The smallest absolute Gasteiger partial charge is 0.0973 e. The Morgan fingerprint density at radius 3 is 2.55 bits per heavy atom. The summed E-state index contributed by atoms with van der Waals surface area (Å²) in [5, 5.41) is 0. The Bertz CT molecular complexity index is 99.7. The SMILES string of the molecule is CC(F)CCC/C=C\CCI. The fraction of sp³-hybridized carbons (Fsp3) is 0.778. The Hall–Kier alpha value is 0.400. The molecule has 2 heteroatoms. The van der Waals surface area contributed by atoms with Gasteiger partial charge in [-0.3, -0.25) is 0 Å². The maximum Gasteiger partial charge on any atom is 0.0973 e. The Morgan fingerprint density at radius 2 is 2.00 bits per heavy atom. The molecule has 0 aromatic rings. The molecule has 0 amide bonds. The molecule has 0 aliphatic rings. The summed E-state index contributed by atoms with van der Waals surface area (Å²) in [4.78, 5) is 0. The number of hydrogen-bond acceptors (Lipinski definition) is 0. The van der Waals surface area contributed by atoms with Crippen LogP contribution < -0.4 is 0 Å². The predicted octanol–water partition coefficient (Wildman–Crippen LogP) is 3.90. The van der Waals surface area contributed by atoms with E-state index < -0.39 is 6.17 Å². The van der Waals surface area contributed by atoms with E-state index in [9.17, 15) is 4.39 Å². The average Bonchev–Trinajstić information content (AvgIpc) is 1.96. The summed E-state index contributed by atoms with van der Waals surface area (Å²) in [6, 6.07) is 0. The highest BCUT2D eigenvalue weighted by atomic mass is 127. The van der Waals surface area contributed by atoms with Crippen LogP contribution in [0.4, 0.5) is 4.39 Å². The minimum absolute atomic E-state index is 0.632. The first-order valence-corrected chi connectivity index (χ1v) is 5.65. The molecule has 0 nitrogen and oxygen atoms in total. The maximum atomic E-state index is 12.3. The lowest BCUT2D eigenvalue weighted by molar-refractivity contribution is 0.335. The van der Waals surface area contributed by atoms with Gasteiger partial charge < -0.3 is 0 Å². The number of allylic oxidation sites excluding steroid dienone is 2. The van der Waals surface area contributed by atoms with Gasteiger partial charge in [0.15, 0.2) is 0 Å². The van der Waals surface area contributed by atoms with Gasteiger partial charge in [0.25, 0.3) is 0 Å². The number of unbranched alkanes of at least 4 members (excludes halogenated alkanes) is 1. The van der Waals surface area contributed by atoms with Crippen molar-refractivity contribution in [2.24, 2.45) is 0 Å². The lowest BCUT2D eigenvalue weighted by atomic mass is 10.2. The highest BCUT2D eigenvalue weighted by Gasteiger charge is 1.94. The van der Waals surface area contributed by atoms with Crippen molar-refractivity contribution in [2.45, 2.75) is 38.8 Å². The van der Waals surface area contributed by atoms with Crippen LogP contribution in [0.2, 0.25) is 0 Å². The molecule has 0 rings (SSSR count). The highest BCUT2D eigenvalue weighted by Crippen LogP contribution is 2.04. The van der Waals surface area contributed by atoms with Crippen LogP contribution in [0.3, 0.4) is 0 Å². The van der Waals surface area contributed by atoms with Crippen LogP contribution in [-0.2, 0) is 0 Å². The molecule has 0 N–H and O–H groups in total. The van der Waals surface area contributed by atoms with Crippen LogP contribution in [0, 0.1) is 0 Å². The Kier molecular flexibility index (Phi) is 8.81. The van der Waals surface area contributed by atoms with E-state index >= 15 is 0 Å². The molecule has 0 aliphatic carbocycles. The molecule has 1 unspecified atom stereocenters. The standard InChI is InChI=1S/C9H16FI/c1-9(10)7-5-3-2-4-6-8-11/h2,4,9H,3,5-8H2,1H3/b4-2-. The molecule has 11 heavy (non-hydrogen) atoms. The molecule has 0 spiro atoms. The molecule has 0 bridgehead atoms. The van der Waals surface area contributed by atoms with Gasteiger partial charge >= 0.3 is 0 Å². The first kappa shape index (κ1) is 11.4. The van der Waals surface area contributed by atoms with Crippen molar-refractivity contribution in [3.63, 3.8) is 0 Å². The predicted molar refractivity (Wildman–Crippen MR) is 57.1 cm³/mol. The lowest BCUT2D eigenvalue weighted by Crippen LogP contribution is -1.90. The molecule has 0 aromatic carbocycles. The third kappa shape index (κ3) is 10.4. The summed E-state index contributed by atoms with van der Waals surface area (Å²) >= 11 is 2.35. The van der Waals surface area contributed by atoms with Gasteiger partial charge in [-0.1, -0.05) is 34.7 Å². The van der Waals surface area contributed by atoms with E-state index in [1.807, 2.05) is 0 Å². The molecular weight excluding hydrogens is 254 g/mol. The van der Waals surface area contributed by atoms with Crippen LogP contribution in [0.1, 0.15) is 32.6 Å². The van der Waals surface area contributed by atoms with Crippen molar-refractivity contribution >= 4 is 22.6 Å². The summed E-state index contributed by atoms with van der Waals surface area (Å²) in [6.45, 7) is 1.62. The fourth-order valence-electron chi connectivity index (χ4n) is 0.816. The van der Waals surface area contributed by atoms with Gasteiger partial charge in [0, 0.05) is 4.43 Å². The van der Waals surface area contributed by atoms with Crippen LogP contribution in [0.5, 0.6) is 0 Å². The van der Waals surface area contributed by atoms with Crippen molar-refractivity contribution in [3.8, 4) is 0 Å². The number of alkyl halides is 2. The number of rotatable bonds is 6. The molecule has 0 aromatic heterocycles. The summed E-state index contributed by atoms with van der Waals surface area (Å²) in [7, 11) is 0. The molecule has 0 saturated carbocycles. The van der Waals surface area contributed by atoms with Gasteiger partial charge in [-0.15, -0.1) is 0 Å². The zero-order chi connectivity index (χ0) is 8.53. The molecule has 0 saturated heterocycles. The van der Waals surface area contributed by atoms with Crippen molar-refractivity contribution in [3.05, 3.63) is 12.2 Å². The minimum atomic E-state index is -0.632. The van der Waals surface area contributed by atoms with E-state index in [0.29, 0.717) is 6.42 Å². The number of halogens is 2. The second-order valence-corrected chi connectivity index (χ2v) is 3.74.